The van der Waals surface area contributed by atoms with Crippen molar-refractivity contribution in [3.8, 4) is 6.07 Å². The molecule has 110 valence electrons. The van der Waals surface area contributed by atoms with Crippen LogP contribution < -0.4 is 10.2 Å². The Morgan fingerprint density at radius 1 is 1.62 bits per heavy atom. The molecule has 0 radical (unpaired) electrons. The highest BCUT2D eigenvalue weighted by Gasteiger charge is 2.14. The Bertz CT molecular complexity index is 613. The Kier molecular flexibility index (Phi) is 6.30. The van der Waals surface area contributed by atoms with Crippen molar-refractivity contribution in [2.75, 3.05) is 18.0 Å². The quantitative estimate of drug-likeness (QED) is 0.492. The number of carbonyl (C=O) groups is 2. The second kappa shape index (κ2) is 7.97. The van der Waals surface area contributed by atoms with Crippen LogP contribution in [0.15, 0.2) is 23.6 Å². The number of amides is 2. The lowest BCUT2D eigenvalue weighted by Crippen LogP contribution is -2.27. The molecule has 0 aromatic carbocycles. The summed E-state index contributed by atoms with van der Waals surface area (Å²) in [6.07, 6.45) is 2.92. The zero-order valence-electron chi connectivity index (χ0n) is 11.9. The molecule has 1 rings (SSSR count). The molecule has 7 heteroatoms. The van der Waals surface area contributed by atoms with Gasteiger partial charge in [0.15, 0.2) is 5.13 Å². The lowest BCUT2D eigenvalue weighted by Gasteiger charge is -2.14. The predicted molar refractivity (Wildman–Crippen MR) is 82.6 cm³/mol. The SMILES string of the molecule is C=CCNC(=O)C(C#N)=Cc1csc(N(CC)C(C)=O)n1. The van der Waals surface area contributed by atoms with Gasteiger partial charge in [-0.3, -0.25) is 14.5 Å². The van der Waals surface area contributed by atoms with Crippen molar-refractivity contribution in [3.05, 3.63) is 29.3 Å². The number of nitriles is 1. The molecule has 21 heavy (non-hydrogen) atoms. The predicted octanol–water partition coefficient (Wildman–Crippen LogP) is 1.73. The minimum absolute atomic E-state index is 0.0421. The minimum atomic E-state index is -0.481. The molecule has 0 aliphatic rings. The van der Waals surface area contributed by atoms with E-state index in [-0.39, 0.29) is 18.0 Å². The minimum Gasteiger partial charge on any atom is -0.348 e. The standard InChI is InChI=1S/C14H16N4O2S/c1-4-6-16-13(20)11(8-15)7-12-9-21-14(17-12)18(5-2)10(3)19/h4,7,9H,1,5-6H2,2-3H3,(H,16,20). The Morgan fingerprint density at radius 3 is 2.86 bits per heavy atom. The second-order valence-electron chi connectivity index (χ2n) is 3.99. The van der Waals surface area contributed by atoms with E-state index in [1.807, 2.05) is 13.0 Å². The molecule has 0 aliphatic carbocycles. The number of thiazole rings is 1. The fraction of sp³-hybridized carbons (Fsp3) is 0.286. The van der Waals surface area contributed by atoms with Gasteiger partial charge in [0, 0.05) is 25.4 Å². The van der Waals surface area contributed by atoms with Crippen molar-refractivity contribution in [1.82, 2.24) is 10.3 Å². The molecule has 6 nitrogen and oxygen atoms in total. The highest BCUT2D eigenvalue weighted by molar-refractivity contribution is 7.14. The maximum absolute atomic E-state index is 11.7. The van der Waals surface area contributed by atoms with Gasteiger partial charge in [0.1, 0.15) is 11.6 Å². The summed E-state index contributed by atoms with van der Waals surface area (Å²) in [7, 11) is 0. The van der Waals surface area contributed by atoms with E-state index in [2.05, 4.69) is 16.9 Å². The van der Waals surface area contributed by atoms with Gasteiger partial charge in [-0.15, -0.1) is 17.9 Å². The number of nitrogens with one attached hydrogen (secondary N) is 1. The topological polar surface area (TPSA) is 86.1 Å². The molecule has 0 atom stereocenters. The zero-order chi connectivity index (χ0) is 15.8. The number of hydrogen-bond donors (Lipinski definition) is 1. The van der Waals surface area contributed by atoms with Crippen LogP contribution in [0.3, 0.4) is 0 Å². The fourth-order valence-electron chi connectivity index (χ4n) is 1.52. The maximum atomic E-state index is 11.7. The number of nitrogens with zero attached hydrogens (tertiary/aromatic N) is 3. The van der Waals surface area contributed by atoms with Gasteiger partial charge in [0.25, 0.3) is 5.91 Å². The highest BCUT2D eigenvalue weighted by Crippen LogP contribution is 2.22. The molecule has 1 heterocycles. The third-order valence-electron chi connectivity index (χ3n) is 2.50. The van der Waals surface area contributed by atoms with Gasteiger partial charge >= 0.3 is 0 Å². The maximum Gasteiger partial charge on any atom is 0.262 e. The number of rotatable bonds is 6. The van der Waals surface area contributed by atoms with Crippen LogP contribution in [0.2, 0.25) is 0 Å². The fourth-order valence-corrected chi connectivity index (χ4v) is 2.41. The van der Waals surface area contributed by atoms with E-state index < -0.39 is 5.91 Å². The van der Waals surface area contributed by atoms with Crippen molar-refractivity contribution >= 4 is 34.4 Å². The monoisotopic (exact) mass is 304 g/mol. The lowest BCUT2D eigenvalue weighted by molar-refractivity contribution is -0.117. The third kappa shape index (κ3) is 4.54. The zero-order valence-corrected chi connectivity index (χ0v) is 12.7. The van der Waals surface area contributed by atoms with Gasteiger partial charge in [-0.1, -0.05) is 6.08 Å². The average Bonchev–Trinajstić information content (AvgIpc) is 2.90. The van der Waals surface area contributed by atoms with E-state index >= 15 is 0 Å². The molecule has 2 amide bonds. The van der Waals surface area contributed by atoms with Crippen LogP contribution in [0.4, 0.5) is 5.13 Å². The van der Waals surface area contributed by atoms with Gasteiger partial charge in [-0.05, 0) is 13.0 Å². The van der Waals surface area contributed by atoms with E-state index in [4.69, 9.17) is 5.26 Å². The lowest BCUT2D eigenvalue weighted by atomic mass is 10.2. The first kappa shape index (κ1) is 16.6. The Morgan fingerprint density at radius 2 is 2.33 bits per heavy atom. The summed E-state index contributed by atoms with van der Waals surface area (Å²) in [4.78, 5) is 28.9. The molecule has 1 aromatic rings. The second-order valence-corrected chi connectivity index (χ2v) is 4.82. The third-order valence-corrected chi connectivity index (χ3v) is 3.38. The van der Waals surface area contributed by atoms with Crippen LogP contribution in [0.1, 0.15) is 19.5 Å². The largest absolute Gasteiger partial charge is 0.348 e. The summed E-state index contributed by atoms with van der Waals surface area (Å²) in [5.41, 5.74) is 0.430. The molecule has 0 bridgehead atoms. The summed E-state index contributed by atoms with van der Waals surface area (Å²) >= 11 is 1.28. The van der Waals surface area contributed by atoms with Gasteiger partial charge in [-0.2, -0.15) is 5.26 Å². The molecule has 1 aromatic heterocycles. The molecule has 0 unspecified atom stereocenters. The molecule has 0 aliphatic heterocycles. The summed E-state index contributed by atoms with van der Waals surface area (Å²) in [5.74, 6) is -0.586. The van der Waals surface area contributed by atoms with Crippen molar-refractivity contribution < 1.29 is 9.59 Å². The number of carbonyl (C=O) groups excluding carboxylic acids is 2. The number of aromatic nitrogens is 1. The molecule has 0 fully saturated rings. The first-order valence-electron chi connectivity index (χ1n) is 6.28. The van der Waals surface area contributed by atoms with Crippen LogP contribution in [-0.2, 0) is 9.59 Å². The highest BCUT2D eigenvalue weighted by atomic mass is 32.1. The Hall–Kier alpha value is -2.46. The van der Waals surface area contributed by atoms with E-state index in [9.17, 15) is 9.59 Å². The Balaban J connectivity index is 2.96. The van der Waals surface area contributed by atoms with E-state index in [1.165, 1.54) is 35.3 Å². The Labute approximate surface area is 127 Å². The van der Waals surface area contributed by atoms with Gasteiger partial charge in [0.2, 0.25) is 5.91 Å². The average molecular weight is 304 g/mol. The molecule has 0 saturated heterocycles. The molecule has 0 saturated carbocycles. The summed E-state index contributed by atoms with van der Waals surface area (Å²) in [5, 5.41) is 13.8. The van der Waals surface area contributed by atoms with E-state index in [0.29, 0.717) is 17.4 Å². The van der Waals surface area contributed by atoms with Crippen molar-refractivity contribution in [2.24, 2.45) is 0 Å². The summed E-state index contributed by atoms with van der Waals surface area (Å²) in [6.45, 7) is 7.59. The molecule has 1 N–H and O–H groups in total. The van der Waals surface area contributed by atoms with E-state index in [0.717, 1.165) is 0 Å². The van der Waals surface area contributed by atoms with E-state index in [1.54, 1.807) is 5.38 Å². The van der Waals surface area contributed by atoms with Crippen LogP contribution >= 0.6 is 11.3 Å². The van der Waals surface area contributed by atoms with Crippen LogP contribution in [0.25, 0.3) is 6.08 Å². The number of hydrogen-bond acceptors (Lipinski definition) is 5. The molecule has 0 spiro atoms. The van der Waals surface area contributed by atoms with Crippen molar-refractivity contribution in [1.29, 1.82) is 5.26 Å². The van der Waals surface area contributed by atoms with Crippen molar-refractivity contribution in [3.63, 3.8) is 0 Å². The van der Waals surface area contributed by atoms with Crippen LogP contribution in [0.5, 0.6) is 0 Å². The van der Waals surface area contributed by atoms with Crippen LogP contribution in [0, 0.1) is 11.3 Å². The normalized spacial score (nSPS) is 10.6. The summed E-state index contributed by atoms with van der Waals surface area (Å²) in [6, 6.07) is 1.83. The summed E-state index contributed by atoms with van der Waals surface area (Å²) < 4.78 is 0. The first-order valence-corrected chi connectivity index (χ1v) is 7.16. The smallest absolute Gasteiger partial charge is 0.262 e. The van der Waals surface area contributed by atoms with Crippen LogP contribution in [-0.4, -0.2) is 29.9 Å². The van der Waals surface area contributed by atoms with Gasteiger partial charge in [-0.25, -0.2) is 4.98 Å². The van der Waals surface area contributed by atoms with Crippen molar-refractivity contribution in [2.45, 2.75) is 13.8 Å². The number of anilines is 1. The first-order chi connectivity index (χ1) is 10.0. The molecular weight excluding hydrogens is 288 g/mol. The van der Waals surface area contributed by atoms with Gasteiger partial charge in [0.05, 0.1) is 5.69 Å². The molecular formula is C14H16N4O2S. The van der Waals surface area contributed by atoms with Gasteiger partial charge < -0.3 is 5.32 Å².